The lowest BCUT2D eigenvalue weighted by atomic mass is 9.90. The van der Waals surface area contributed by atoms with E-state index in [2.05, 4.69) is 26.9 Å². The highest BCUT2D eigenvalue weighted by Crippen LogP contribution is 2.38. The molecule has 2 aromatic carbocycles. The molecule has 1 N–H and O–H groups in total. The summed E-state index contributed by atoms with van der Waals surface area (Å²) in [7, 11) is 0. The smallest absolute Gasteiger partial charge is 0.225 e. The number of hydrogen-bond donors (Lipinski definition) is 1. The van der Waals surface area contributed by atoms with E-state index in [0.29, 0.717) is 18.2 Å². The number of benzene rings is 2. The summed E-state index contributed by atoms with van der Waals surface area (Å²) in [4.78, 5) is 22.3. The van der Waals surface area contributed by atoms with Gasteiger partial charge in [-0.15, -0.1) is 0 Å². The van der Waals surface area contributed by atoms with Crippen LogP contribution >= 0.6 is 11.6 Å². The number of carbonyl (C=O) groups excluding carboxylic acids is 1. The molecule has 3 aromatic rings. The van der Waals surface area contributed by atoms with Crippen LogP contribution in [0.5, 0.6) is 5.75 Å². The molecule has 0 saturated carbocycles. The highest BCUT2D eigenvalue weighted by molar-refractivity contribution is 6.30. The molecule has 1 amide bonds. The molecule has 2 aliphatic heterocycles. The van der Waals surface area contributed by atoms with Gasteiger partial charge in [0.25, 0.3) is 0 Å². The summed E-state index contributed by atoms with van der Waals surface area (Å²) < 4.78 is 6.15. The molecule has 6 nitrogen and oxygen atoms in total. The topological polar surface area (TPSA) is 65.9 Å². The predicted octanol–water partition coefficient (Wildman–Crippen LogP) is 6.44. The third kappa shape index (κ3) is 6.83. The summed E-state index contributed by atoms with van der Waals surface area (Å²) in [5, 5.41) is 11.4. The zero-order valence-electron chi connectivity index (χ0n) is 24.4. The van der Waals surface area contributed by atoms with Crippen LogP contribution in [0.1, 0.15) is 68.5 Å². The first kappa shape index (κ1) is 29.3. The second-order valence-corrected chi connectivity index (χ2v) is 12.4. The number of amides is 1. The van der Waals surface area contributed by atoms with Crippen molar-refractivity contribution >= 4 is 23.1 Å². The Morgan fingerprint density at radius 1 is 1.20 bits per heavy atom. The van der Waals surface area contributed by atoms with Crippen molar-refractivity contribution in [1.82, 2.24) is 14.8 Å². The van der Waals surface area contributed by atoms with E-state index in [1.165, 1.54) is 0 Å². The number of carbonyl (C=O) groups is 1. The number of likely N-dealkylation sites (tertiary alicyclic amines) is 1. The number of aliphatic hydroxyl groups is 1. The Labute approximate surface area is 248 Å². The van der Waals surface area contributed by atoms with E-state index in [-0.39, 0.29) is 17.9 Å². The maximum atomic E-state index is 13.2. The standard InChI is InChI=1S/C34H40ClN3O3/c1-23(2)33(39)38(20-24-9-12-26(35)13-10-24)27-15-18-37(21-27)17-6-8-28-29-7-5-16-36-31(29)22-41-32-14-11-25(19-30(28)32)34(3,4)40/h5,7-14,16,19,23,27,40H,6,15,17-18,20-22H2,1-4H3/b28-8-. The third-order valence-electron chi connectivity index (χ3n) is 8.05. The molecule has 2 aliphatic rings. The van der Waals surface area contributed by atoms with Gasteiger partial charge in [0, 0.05) is 60.5 Å². The van der Waals surface area contributed by atoms with E-state index in [0.717, 1.165) is 71.7 Å². The fourth-order valence-electron chi connectivity index (χ4n) is 5.72. The monoisotopic (exact) mass is 573 g/mol. The van der Waals surface area contributed by atoms with Crippen LogP contribution in [0, 0.1) is 5.92 Å². The minimum absolute atomic E-state index is 0.0546. The molecule has 7 heteroatoms. The Morgan fingerprint density at radius 3 is 2.71 bits per heavy atom. The number of fused-ring (bicyclic) bond motifs is 2. The Kier molecular flexibility index (Phi) is 8.83. The maximum Gasteiger partial charge on any atom is 0.225 e. The molecule has 0 aliphatic carbocycles. The molecule has 0 radical (unpaired) electrons. The van der Waals surface area contributed by atoms with Crippen molar-refractivity contribution < 1.29 is 14.6 Å². The largest absolute Gasteiger partial charge is 0.487 e. The van der Waals surface area contributed by atoms with Gasteiger partial charge in [-0.05, 0) is 73.7 Å². The summed E-state index contributed by atoms with van der Waals surface area (Å²) in [6.07, 6.45) is 5.88. The van der Waals surface area contributed by atoms with E-state index in [1.54, 1.807) is 20.0 Å². The average Bonchev–Trinajstić information content (AvgIpc) is 3.35. The fourth-order valence-corrected chi connectivity index (χ4v) is 5.85. The summed E-state index contributed by atoms with van der Waals surface area (Å²) in [6, 6.07) is 18.0. The Balaban J connectivity index is 1.34. The number of rotatable bonds is 8. The summed E-state index contributed by atoms with van der Waals surface area (Å²) in [5.41, 5.74) is 5.02. The molecule has 3 heterocycles. The summed E-state index contributed by atoms with van der Waals surface area (Å²) in [5.74, 6) is 0.935. The highest BCUT2D eigenvalue weighted by atomic mass is 35.5. The second-order valence-electron chi connectivity index (χ2n) is 12.0. The lowest BCUT2D eigenvalue weighted by molar-refractivity contribution is -0.137. The van der Waals surface area contributed by atoms with Crippen molar-refractivity contribution in [1.29, 1.82) is 0 Å². The van der Waals surface area contributed by atoms with Crippen LogP contribution in [0.3, 0.4) is 0 Å². The Bertz CT molecular complexity index is 1410. The molecule has 1 unspecified atom stereocenters. The van der Waals surface area contributed by atoms with Gasteiger partial charge in [0.2, 0.25) is 5.91 Å². The van der Waals surface area contributed by atoms with Crippen LogP contribution in [-0.4, -0.2) is 51.5 Å². The maximum absolute atomic E-state index is 13.2. The van der Waals surface area contributed by atoms with Crippen molar-refractivity contribution in [2.75, 3.05) is 19.6 Å². The molecule has 5 rings (SSSR count). The van der Waals surface area contributed by atoms with Gasteiger partial charge in [0.15, 0.2) is 0 Å². The van der Waals surface area contributed by atoms with Gasteiger partial charge in [0.1, 0.15) is 12.4 Å². The van der Waals surface area contributed by atoms with Gasteiger partial charge in [-0.3, -0.25) is 9.78 Å². The number of nitrogens with zero attached hydrogens (tertiary/aromatic N) is 3. The molecule has 1 saturated heterocycles. The minimum atomic E-state index is -0.958. The molecule has 216 valence electrons. The normalized spacial score (nSPS) is 18.1. The van der Waals surface area contributed by atoms with Gasteiger partial charge in [0.05, 0.1) is 11.3 Å². The van der Waals surface area contributed by atoms with Crippen LogP contribution in [0.25, 0.3) is 5.57 Å². The minimum Gasteiger partial charge on any atom is -0.487 e. The summed E-state index contributed by atoms with van der Waals surface area (Å²) >= 11 is 6.09. The number of halogens is 1. The fraction of sp³-hybridized carbons (Fsp3) is 0.412. The van der Waals surface area contributed by atoms with Crippen LogP contribution < -0.4 is 4.74 Å². The molecule has 1 fully saturated rings. The number of aromatic nitrogens is 1. The van der Waals surface area contributed by atoms with E-state index < -0.39 is 5.60 Å². The quantitative estimate of drug-likeness (QED) is 0.336. The SMILES string of the molecule is CC(C)C(=O)N(Cc1ccc(Cl)cc1)C1CCN(CC/C=C2\c3cc(C(C)(C)O)ccc3OCc3ncccc32)C1. The predicted molar refractivity (Wildman–Crippen MR) is 164 cm³/mol. The first-order valence-electron chi connectivity index (χ1n) is 14.5. The Hall–Kier alpha value is -3.19. The zero-order chi connectivity index (χ0) is 29.1. The molecule has 1 aromatic heterocycles. The van der Waals surface area contributed by atoms with Gasteiger partial charge in [-0.2, -0.15) is 0 Å². The third-order valence-corrected chi connectivity index (χ3v) is 8.30. The molecule has 0 bridgehead atoms. The van der Waals surface area contributed by atoms with Crippen LogP contribution in [0.15, 0.2) is 66.9 Å². The van der Waals surface area contributed by atoms with Crippen LogP contribution in [0.4, 0.5) is 0 Å². The number of hydrogen-bond acceptors (Lipinski definition) is 5. The summed E-state index contributed by atoms with van der Waals surface area (Å²) in [6.45, 7) is 11.3. The van der Waals surface area contributed by atoms with Gasteiger partial charge < -0.3 is 19.6 Å². The Morgan fingerprint density at radius 2 is 1.98 bits per heavy atom. The van der Waals surface area contributed by atoms with Gasteiger partial charge in [-0.1, -0.05) is 55.8 Å². The first-order valence-corrected chi connectivity index (χ1v) is 14.9. The van der Waals surface area contributed by atoms with Gasteiger partial charge in [-0.25, -0.2) is 0 Å². The first-order chi connectivity index (χ1) is 19.6. The lowest BCUT2D eigenvalue weighted by Gasteiger charge is -2.31. The van der Waals surface area contributed by atoms with Gasteiger partial charge >= 0.3 is 0 Å². The van der Waals surface area contributed by atoms with Crippen molar-refractivity contribution in [2.45, 2.75) is 65.3 Å². The van der Waals surface area contributed by atoms with Crippen molar-refractivity contribution in [2.24, 2.45) is 5.92 Å². The average molecular weight is 574 g/mol. The molecular weight excluding hydrogens is 534 g/mol. The number of ether oxygens (including phenoxy) is 1. The number of pyridine rings is 1. The lowest BCUT2D eigenvalue weighted by Crippen LogP contribution is -2.43. The van der Waals surface area contributed by atoms with E-state index in [1.807, 2.05) is 62.4 Å². The van der Waals surface area contributed by atoms with E-state index in [4.69, 9.17) is 16.3 Å². The van der Waals surface area contributed by atoms with Crippen molar-refractivity contribution in [3.63, 3.8) is 0 Å². The molecule has 0 spiro atoms. The van der Waals surface area contributed by atoms with Crippen molar-refractivity contribution in [3.05, 3.63) is 99.8 Å². The van der Waals surface area contributed by atoms with Crippen LogP contribution in [-0.2, 0) is 23.5 Å². The second kappa shape index (κ2) is 12.4. The van der Waals surface area contributed by atoms with E-state index >= 15 is 0 Å². The zero-order valence-corrected chi connectivity index (χ0v) is 25.2. The highest BCUT2D eigenvalue weighted by Gasteiger charge is 2.32. The van der Waals surface area contributed by atoms with Crippen LogP contribution in [0.2, 0.25) is 5.02 Å². The molecular formula is C34H40ClN3O3. The van der Waals surface area contributed by atoms with E-state index in [9.17, 15) is 9.90 Å². The van der Waals surface area contributed by atoms with Crippen molar-refractivity contribution in [3.8, 4) is 5.75 Å². The molecule has 1 atom stereocenters. The molecule has 41 heavy (non-hydrogen) atoms.